The number of hydrogen-bond acceptors (Lipinski definition) is 3. The molecular formula is C20H36O3. The second-order valence-electron chi connectivity index (χ2n) is 7.24. The molecule has 0 saturated carbocycles. The molecular weight excluding hydrogens is 288 g/mol. The van der Waals surface area contributed by atoms with Gasteiger partial charge in [-0.25, -0.2) is 0 Å². The smallest absolute Gasteiger partial charge is 0.157 e. The van der Waals surface area contributed by atoms with Gasteiger partial charge >= 0.3 is 0 Å². The molecule has 0 aliphatic carbocycles. The van der Waals surface area contributed by atoms with E-state index in [1.165, 1.54) is 17.6 Å². The fourth-order valence-electron chi connectivity index (χ4n) is 2.92. The topological polar surface area (TPSA) is 38.7 Å². The SMILES string of the molecule is CC(C)=CCC[C@H](C)C[C@H](O)C/C(C)=C\COC1CCCCO1. The maximum absolute atomic E-state index is 10.2. The molecule has 1 N–H and O–H groups in total. The summed E-state index contributed by atoms with van der Waals surface area (Å²) in [5.41, 5.74) is 2.57. The lowest BCUT2D eigenvalue weighted by Crippen LogP contribution is -2.22. The van der Waals surface area contributed by atoms with Crippen LogP contribution in [0.5, 0.6) is 0 Å². The zero-order valence-corrected chi connectivity index (χ0v) is 15.5. The van der Waals surface area contributed by atoms with Crippen LogP contribution in [-0.4, -0.2) is 30.7 Å². The second kappa shape index (κ2) is 11.8. The number of aliphatic hydroxyl groups excluding tert-OH is 1. The third-order valence-electron chi connectivity index (χ3n) is 4.30. The second-order valence-corrected chi connectivity index (χ2v) is 7.24. The van der Waals surface area contributed by atoms with E-state index in [1.54, 1.807) is 0 Å². The maximum Gasteiger partial charge on any atom is 0.157 e. The van der Waals surface area contributed by atoms with Crippen LogP contribution in [0, 0.1) is 5.92 Å². The Balaban J connectivity index is 2.17. The highest BCUT2D eigenvalue weighted by atomic mass is 16.7. The van der Waals surface area contributed by atoms with Gasteiger partial charge < -0.3 is 14.6 Å². The minimum absolute atomic E-state index is 0.0344. The zero-order chi connectivity index (χ0) is 17.1. The normalized spacial score (nSPS) is 21.8. The highest BCUT2D eigenvalue weighted by molar-refractivity contribution is 5.00. The number of aliphatic hydroxyl groups is 1. The Morgan fingerprint density at radius 2 is 2.04 bits per heavy atom. The molecule has 0 amide bonds. The van der Waals surface area contributed by atoms with Crippen molar-refractivity contribution in [3.05, 3.63) is 23.3 Å². The van der Waals surface area contributed by atoms with Crippen molar-refractivity contribution in [1.29, 1.82) is 0 Å². The largest absolute Gasteiger partial charge is 0.393 e. The van der Waals surface area contributed by atoms with Crippen molar-refractivity contribution in [2.45, 2.75) is 85.0 Å². The Kier molecular flexibility index (Phi) is 10.5. The van der Waals surface area contributed by atoms with Gasteiger partial charge in [0.05, 0.1) is 12.7 Å². The summed E-state index contributed by atoms with van der Waals surface area (Å²) in [7, 11) is 0. The summed E-state index contributed by atoms with van der Waals surface area (Å²) in [5, 5.41) is 10.2. The number of ether oxygens (including phenoxy) is 2. The van der Waals surface area contributed by atoms with Gasteiger partial charge in [0.25, 0.3) is 0 Å². The molecule has 3 nitrogen and oxygen atoms in total. The third kappa shape index (κ3) is 10.7. The van der Waals surface area contributed by atoms with Gasteiger partial charge in [0, 0.05) is 6.61 Å². The Morgan fingerprint density at radius 3 is 2.70 bits per heavy atom. The molecule has 1 aliphatic rings. The molecule has 1 unspecified atom stereocenters. The summed E-state index contributed by atoms with van der Waals surface area (Å²) in [6, 6.07) is 0. The molecule has 1 fully saturated rings. The molecule has 1 rings (SSSR count). The third-order valence-corrected chi connectivity index (χ3v) is 4.30. The van der Waals surface area contributed by atoms with E-state index in [0.29, 0.717) is 12.5 Å². The molecule has 0 bridgehead atoms. The maximum atomic E-state index is 10.2. The lowest BCUT2D eigenvalue weighted by molar-refractivity contribution is -0.155. The van der Waals surface area contributed by atoms with Gasteiger partial charge in [-0.05, 0) is 71.6 Å². The van der Waals surface area contributed by atoms with Gasteiger partial charge in [0.2, 0.25) is 0 Å². The van der Waals surface area contributed by atoms with Crippen molar-refractivity contribution in [2.75, 3.05) is 13.2 Å². The minimum Gasteiger partial charge on any atom is -0.393 e. The lowest BCUT2D eigenvalue weighted by Gasteiger charge is -2.22. The average Bonchev–Trinajstić information content (AvgIpc) is 2.47. The average molecular weight is 325 g/mol. The number of hydrogen-bond donors (Lipinski definition) is 1. The zero-order valence-electron chi connectivity index (χ0n) is 15.5. The van der Waals surface area contributed by atoms with Gasteiger partial charge in [-0.3, -0.25) is 0 Å². The van der Waals surface area contributed by atoms with E-state index >= 15 is 0 Å². The van der Waals surface area contributed by atoms with Gasteiger partial charge in [-0.1, -0.05) is 30.2 Å². The fraction of sp³-hybridized carbons (Fsp3) is 0.800. The van der Waals surface area contributed by atoms with Crippen LogP contribution in [0.2, 0.25) is 0 Å². The predicted octanol–water partition coefficient (Wildman–Crippen LogP) is 5.00. The standard InChI is InChI=1S/C20H36O3/c1-16(2)8-7-9-17(3)14-19(21)15-18(4)11-13-23-20-10-5-6-12-22-20/h8,11,17,19-21H,5-7,9-10,12-15H2,1-4H3/b18-11-/t17-,19-,20?/m0/s1. The van der Waals surface area contributed by atoms with Crippen LogP contribution >= 0.6 is 0 Å². The van der Waals surface area contributed by atoms with Crippen molar-refractivity contribution in [2.24, 2.45) is 5.92 Å². The summed E-state index contributed by atoms with van der Waals surface area (Å²) < 4.78 is 11.2. The first-order valence-corrected chi connectivity index (χ1v) is 9.17. The molecule has 0 aromatic carbocycles. The molecule has 3 atom stereocenters. The van der Waals surface area contributed by atoms with Crippen LogP contribution in [0.25, 0.3) is 0 Å². The minimum atomic E-state index is -0.251. The van der Waals surface area contributed by atoms with Crippen molar-refractivity contribution in [3.8, 4) is 0 Å². The van der Waals surface area contributed by atoms with Crippen molar-refractivity contribution in [1.82, 2.24) is 0 Å². The molecule has 1 saturated heterocycles. The van der Waals surface area contributed by atoms with Crippen LogP contribution in [-0.2, 0) is 9.47 Å². The summed E-state index contributed by atoms with van der Waals surface area (Å²) in [4.78, 5) is 0. The van der Waals surface area contributed by atoms with Gasteiger partial charge in [-0.15, -0.1) is 0 Å². The molecule has 0 aromatic heterocycles. The van der Waals surface area contributed by atoms with E-state index < -0.39 is 0 Å². The van der Waals surface area contributed by atoms with E-state index in [4.69, 9.17) is 9.47 Å². The molecule has 3 heteroatoms. The Bertz CT molecular complexity index is 363. The van der Waals surface area contributed by atoms with Crippen LogP contribution in [0.3, 0.4) is 0 Å². The molecule has 0 spiro atoms. The predicted molar refractivity (Wildman–Crippen MR) is 96.4 cm³/mol. The van der Waals surface area contributed by atoms with Crippen molar-refractivity contribution in [3.63, 3.8) is 0 Å². The molecule has 23 heavy (non-hydrogen) atoms. The highest BCUT2D eigenvalue weighted by Crippen LogP contribution is 2.18. The lowest BCUT2D eigenvalue weighted by atomic mass is 9.95. The first-order chi connectivity index (χ1) is 11.0. The monoisotopic (exact) mass is 324 g/mol. The molecule has 134 valence electrons. The fourth-order valence-corrected chi connectivity index (χ4v) is 2.92. The van der Waals surface area contributed by atoms with Crippen LogP contribution in [0.4, 0.5) is 0 Å². The van der Waals surface area contributed by atoms with Crippen LogP contribution in [0.15, 0.2) is 23.3 Å². The highest BCUT2D eigenvalue weighted by Gasteiger charge is 2.13. The number of allylic oxidation sites excluding steroid dienone is 2. The Morgan fingerprint density at radius 1 is 1.26 bits per heavy atom. The van der Waals surface area contributed by atoms with Gasteiger partial charge in [0.1, 0.15) is 0 Å². The van der Waals surface area contributed by atoms with Crippen LogP contribution in [0.1, 0.15) is 72.6 Å². The van der Waals surface area contributed by atoms with Gasteiger partial charge in [-0.2, -0.15) is 0 Å². The summed E-state index contributed by atoms with van der Waals surface area (Å²) in [5.74, 6) is 0.556. The van der Waals surface area contributed by atoms with Crippen molar-refractivity contribution < 1.29 is 14.6 Å². The van der Waals surface area contributed by atoms with E-state index in [-0.39, 0.29) is 12.4 Å². The van der Waals surface area contributed by atoms with Crippen molar-refractivity contribution >= 4 is 0 Å². The van der Waals surface area contributed by atoms with Crippen LogP contribution < -0.4 is 0 Å². The molecule has 1 heterocycles. The summed E-state index contributed by atoms with van der Waals surface area (Å²) in [6.07, 6.45) is 11.3. The summed E-state index contributed by atoms with van der Waals surface area (Å²) >= 11 is 0. The Labute approximate surface area is 142 Å². The quantitative estimate of drug-likeness (QED) is 0.575. The first-order valence-electron chi connectivity index (χ1n) is 9.17. The van der Waals surface area contributed by atoms with E-state index in [9.17, 15) is 5.11 Å². The molecule has 0 aromatic rings. The van der Waals surface area contributed by atoms with E-state index in [1.807, 2.05) is 0 Å². The molecule has 1 aliphatic heterocycles. The van der Waals surface area contributed by atoms with Gasteiger partial charge in [0.15, 0.2) is 6.29 Å². The Hall–Kier alpha value is -0.640. The van der Waals surface area contributed by atoms with E-state index in [0.717, 1.165) is 45.1 Å². The molecule has 0 radical (unpaired) electrons. The summed E-state index contributed by atoms with van der Waals surface area (Å²) in [6.45, 7) is 9.96. The van der Waals surface area contributed by atoms with E-state index in [2.05, 4.69) is 39.8 Å². The number of rotatable bonds is 10. The first kappa shape index (κ1) is 20.4.